The second-order valence-electron chi connectivity index (χ2n) is 28.9. The molecule has 0 spiro atoms. The fraction of sp³-hybridized carbons (Fsp3) is 0.948. The van der Waals surface area contributed by atoms with E-state index in [1.807, 2.05) is 0 Å². The van der Waals surface area contributed by atoms with E-state index in [-0.39, 0.29) is 25.7 Å². The molecular formula is C77H150O17P2. The zero-order chi connectivity index (χ0) is 70.9. The van der Waals surface area contributed by atoms with Crippen molar-refractivity contribution in [2.45, 2.75) is 414 Å². The smallest absolute Gasteiger partial charge is 0.462 e. The van der Waals surface area contributed by atoms with E-state index in [0.717, 1.165) is 114 Å². The summed E-state index contributed by atoms with van der Waals surface area (Å²) in [5.41, 5.74) is 0. The van der Waals surface area contributed by atoms with Gasteiger partial charge in [-0.05, 0) is 43.4 Å². The third kappa shape index (κ3) is 69.2. The fourth-order valence-electron chi connectivity index (χ4n) is 11.7. The van der Waals surface area contributed by atoms with Crippen LogP contribution in [0.3, 0.4) is 0 Å². The van der Waals surface area contributed by atoms with Gasteiger partial charge >= 0.3 is 39.5 Å². The van der Waals surface area contributed by atoms with Crippen LogP contribution in [0, 0.1) is 17.8 Å². The lowest BCUT2D eigenvalue weighted by atomic mass is 10.00. The zero-order valence-corrected chi connectivity index (χ0v) is 64.6. The second-order valence-corrected chi connectivity index (χ2v) is 31.8. The lowest BCUT2D eigenvalue weighted by Gasteiger charge is -2.21. The van der Waals surface area contributed by atoms with Gasteiger partial charge in [0.05, 0.1) is 26.4 Å². The predicted molar refractivity (Wildman–Crippen MR) is 391 cm³/mol. The van der Waals surface area contributed by atoms with Gasteiger partial charge in [-0.3, -0.25) is 37.3 Å². The lowest BCUT2D eigenvalue weighted by Crippen LogP contribution is -2.30. The molecule has 17 nitrogen and oxygen atoms in total. The molecule has 0 saturated carbocycles. The summed E-state index contributed by atoms with van der Waals surface area (Å²) in [5, 5.41) is 10.6. The van der Waals surface area contributed by atoms with Crippen LogP contribution in [-0.2, 0) is 65.4 Å². The first-order valence-corrected chi connectivity index (χ1v) is 42.9. The van der Waals surface area contributed by atoms with Gasteiger partial charge in [-0.25, -0.2) is 9.13 Å². The largest absolute Gasteiger partial charge is 0.472 e. The molecule has 3 N–H and O–H groups in total. The average molecular weight is 1410 g/mol. The summed E-state index contributed by atoms with van der Waals surface area (Å²) in [5.74, 6) is 0.133. The third-order valence-corrected chi connectivity index (χ3v) is 20.1. The number of hydrogen-bond acceptors (Lipinski definition) is 15. The van der Waals surface area contributed by atoms with Gasteiger partial charge in [-0.2, -0.15) is 0 Å². The van der Waals surface area contributed by atoms with Crippen LogP contribution in [0.2, 0.25) is 0 Å². The Balaban J connectivity index is 5.23. The molecule has 0 aliphatic rings. The van der Waals surface area contributed by atoms with Gasteiger partial charge in [0.2, 0.25) is 0 Å². The van der Waals surface area contributed by atoms with Crippen LogP contribution in [0.1, 0.15) is 395 Å². The minimum absolute atomic E-state index is 0.104. The average Bonchev–Trinajstić information content (AvgIpc) is 1.13. The quantitative estimate of drug-likeness (QED) is 0.0222. The number of carbonyl (C=O) groups excluding carboxylic acids is 4. The van der Waals surface area contributed by atoms with E-state index in [4.69, 9.17) is 37.0 Å². The minimum Gasteiger partial charge on any atom is -0.462 e. The molecule has 0 heterocycles. The highest BCUT2D eigenvalue weighted by Crippen LogP contribution is 2.45. The number of phosphoric acid groups is 2. The van der Waals surface area contributed by atoms with Crippen molar-refractivity contribution in [3.8, 4) is 0 Å². The van der Waals surface area contributed by atoms with Gasteiger partial charge in [0.15, 0.2) is 12.2 Å². The van der Waals surface area contributed by atoms with E-state index in [9.17, 15) is 43.2 Å². The summed E-state index contributed by atoms with van der Waals surface area (Å²) in [6.07, 6.45) is 54.2. The Morgan fingerprint density at radius 1 is 0.302 bits per heavy atom. The Morgan fingerprint density at radius 2 is 0.531 bits per heavy atom. The molecule has 6 atom stereocenters. The number of hydrogen-bond donors (Lipinski definition) is 3. The molecule has 96 heavy (non-hydrogen) atoms. The number of phosphoric ester groups is 2. The Kier molecular flexibility index (Phi) is 66.2. The van der Waals surface area contributed by atoms with Gasteiger partial charge in [-0.1, -0.05) is 344 Å². The molecule has 0 radical (unpaired) electrons. The number of aliphatic hydroxyl groups excluding tert-OH is 1. The highest BCUT2D eigenvalue weighted by molar-refractivity contribution is 7.47. The van der Waals surface area contributed by atoms with Crippen LogP contribution in [0.25, 0.3) is 0 Å². The monoisotopic (exact) mass is 1410 g/mol. The maximum atomic E-state index is 13.1. The molecule has 0 rings (SSSR count). The SMILES string of the molecule is CCCCCCCCCCCCCCCCCCCC(=O)OC[C@H](COP(=O)(O)OC[C@@H](O)COP(=O)(O)OC[C@@H](COC(=O)CCCCCCCCC(C)CC)OC(=O)CCCCCCCCCCC(C)C)OC(=O)CCCCCCCCCCCCCCCCCC(C)C. The van der Waals surface area contributed by atoms with Crippen LogP contribution in [0.5, 0.6) is 0 Å². The van der Waals surface area contributed by atoms with Gasteiger partial charge in [0.25, 0.3) is 0 Å². The van der Waals surface area contributed by atoms with E-state index < -0.39 is 97.5 Å². The number of aliphatic hydroxyl groups is 1. The molecule has 0 amide bonds. The van der Waals surface area contributed by atoms with Crippen LogP contribution >= 0.6 is 15.6 Å². The van der Waals surface area contributed by atoms with E-state index in [2.05, 4.69) is 48.5 Å². The van der Waals surface area contributed by atoms with Crippen molar-refractivity contribution in [3.63, 3.8) is 0 Å². The normalized spacial score (nSPS) is 14.3. The topological polar surface area (TPSA) is 237 Å². The Morgan fingerprint density at radius 3 is 0.792 bits per heavy atom. The molecule has 0 aromatic rings. The minimum atomic E-state index is -4.96. The molecule has 570 valence electrons. The molecule has 0 aliphatic carbocycles. The first kappa shape index (κ1) is 94.1. The van der Waals surface area contributed by atoms with Crippen LogP contribution in [0.15, 0.2) is 0 Å². The van der Waals surface area contributed by atoms with Crippen molar-refractivity contribution < 1.29 is 80.2 Å². The van der Waals surface area contributed by atoms with Crippen LogP contribution < -0.4 is 0 Å². The van der Waals surface area contributed by atoms with Crippen molar-refractivity contribution in [2.75, 3.05) is 39.6 Å². The molecule has 0 aromatic heterocycles. The summed E-state index contributed by atoms with van der Waals surface area (Å²) in [6.45, 7) is 11.9. The first-order chi connectivity index (χ1) is 46.3. The number of esters is 4. The molecule has 0 aromatic carbocycles. The Hall–Kier alpha value is -1.94. The van der Waals surface area contributed by atoms with Crippen molar-refractivity contribution >= 4 is 39.5 Å². The van der Waals surface area contributed by atoms with Crippen molar-refractivity contribution in [1.82, 2.24) is 0 Å². The summed E-state index contributed by atoms with van der Waals surface area (Å²) in [6, 6.07) is 0. The molecule has 19 heteroatoms. The molecule has 0 saturated heterocycles. The van der Waals surface area contributed by atoms with E-state index in [0.29, 0.717) is 25.7 Å². The number of rotatable bonds is 75. The van der Waals surface area contributed by atoms with E-state index >= 15 is 0 Å². The maximum absolute atomic E-state index is 13.1. The summed E-state index contributed by atoms with van der Waals surface area (Å²) in [7, 11) is -9.91. The maximum Gasteiger partial charge on any atom is 0.472 e. The Labute approximate surface area is 588 Å². The van der Waals surface area contributed by atoms with Gasteiger partial charge < -0.3 is 33.8 Å². The van der Waals surface area contributed by atoms with Crippen molar-refractivity contribution in [2.24, 2.45) is 17.8 Å². The number of carbonyl (C=O) groups is 4. The molecule has 0 bridgehead atoms. The van der Waals surface area contributed by atoms with Gasteiger partial charge in [-0.15, -0.1) is 0 Å². The third-order valence-electron chi connectivity index (χ3n) is 18.2. The summed E-state index contributed by atoms with van der Waals surface area (Å²) < 4.78 is 68.5. The molecule has 0 fully saturated rings. The molecule has 0 aliphatic heterocycles. The number of ether oxygens (including phenoxy) is 4. The first-order valence-electron chi connectivity index (χ1n) is 39.9. The van der Waals surface area contributed by atoms with Crippen molar-refractivity contribution in [1.29, 1.82) is 0 Å². The van der Waals surface area contributed by atoms with Gasteiger partial charge in [0, 0.05) is 25.7 Å². The highest BCUT2D eigenvalue weighted by Gasteiger charge is 2.30. The highest BCUT2D eigenvalue weighted by atomic mass is 31.2. The van der Waals surface area contributed by atoms with Crippen LogP contribution in [-0.4, -0.2) is 96.7 Å². The van der Waals surface area contributed by atoms with Crippen molar-refractivity contribution in [3.05, 3.63) is 0 Å². The second kappa shape index (κ2) is 67.5. The standard InChI is InChI=1S/C77H150O17P2/c1-8-10-11-12-13-14-15-16-17-18-21-24-27-30-36-44-51-58-74(79)87-64-72(93-76(81)60-53-46-37-31-28-25-22-19-20-23-26-29-34-41-48-55-68(3)4)66-91-95(83,84)89-62-71(78)63-90-96(85,86)92-67-73(65-88-75(80)59-52-45-40-39-43-50-57-70(7)9-2)94-77(82)61-54-47-38-33-32-35-42-49-56-69(5)6/h68-73,78H,8-67H2,1-7H3,(H,83,84)(H,85,86)/t70?,71-,72-,73-/m1/s1. The van der Waals surface area contributed by atoms with Gasteiger partial charge in [0.1, 0.15) is 19.3 Å². The van der Waals surface area contributed by atoms with E-state index in [1.165, 1.54) is 199 Å². The molecular weight excluding hydrogens is 1260 g/mol. The fourth-order valence-corrected chi connectivity index (χ4v) is 13.3. The predicted octanol–water partition coefficient (Wildman–Crippen LogP) is 22.6. The van der Waals surface area contributed by atoms with Crippen LogP contribution in [0.4, 0.5) is 0 Å². The molecule has 3 unspecified atom stereocenters. The number of unbranched alkanes of at least 4 members (excludes halogenated alkanes) is 42. The summed E-state index contributed by atoms with van der Waals surface area (Å²) >= 11 is 0. The Bertz CT molecular complexity index is 1870. The zero-order valence-electron chi connectivity index (χ0n) is 62.8. The summed E-state index contributed by atoms with van der Waals surface area (Å²) in [4.78, 5) is 72.8. The van der Waals surface area contributed by atoms with E-state index in [1.54, 1.807) is 0 Å². The lowest BCUT2D eigenvalue weighted by molar-refractivity contribution is -0.161.